The first kappa shape index (κ1) is 10.1. The van der Waals surface area contributed by atoms with Crippen LogP contribution >= 0.6 is 0 Å². The Kier molecular flexibility index (Phi) is 4.40. The summed E-state index contributed by atoms with van der Waals surface area (Å²) >= 11 is 0. The predicted octanol–water partition coefficient (Wildman–Crippen LogP) is -1.53. The fourth-order valence-electron chi connectivity index (χ4n) is 0.493. The zero-order valence-electron chi connectivity index (χ0n) is 6.06. The number of ether oxygens (including phenoxy) is 1. The molecule has 64 valence electrons. The summed E-state index contributed by atoms with van der Waals surface area (Å²) in [6.07, 6.45) is -2.34. The first-order valence-corrected chi connectivity index (χ1v) is 3.03. The van der Waals surface area contributed by atoms with E-state index in [4.69, 9.17) is 10.2 Å². The molecule has 0 fully saturated rings. The molecule has 2 N–H and O–H groups in total. The van der Waals surface area contributed by atoms with Crippen LogP contribution in [-0.4, -0.2) is 41.3 Å². The number of rotatable bonds is 4. The van der Waals surface area contributed by atoms with Crippen molar-refractivity contribution >= 4 is 12.3 Å². The minimum atomic E-state index is -1.34. The van der Waals surface area contributed by atoms with Crippen LogP contribution in [0.25, 0.3) is 0 Å². The van der Waals surface area contributed by atoms with Crippen molar-refractivity contribution in [2.24, 2.45) is 0 Å². The van der Waals surface area contributed by atoms with Gasteiger partial charge in [-0.05, 0) is 0 Å². The van der Waals surface area contributed by atoms with E-state index in [1.54, 1.807) is 0 Å². The lowest BCUT2D eigenvalue weighted by Crippen LogP contribution is -2.34. The van der Waals surface area contributed by atoms with E-state index in [1.807, 2.05) is 0 Å². The van der Waals surface area contributed by atoms with Crippen LogP contribution < -0.4 is 0 Å². The second kappa shape index (κ2) is 4.81. The number of aliphatic hydroxyl groups excluding tert-OH is 2. The van der Waals surface area contributed by atoms with Crippen molar-refractivity contribution in [1.82, 2.24) is 0 Å². The lowest BCUT2D eigenvalue weighted by atomic mass is 10.2. The number of hydrogen-bond donors (Lipinski definition) is 2. The highest BCUT2D eigenvalue weighted by atomic mass is 16.6. The zero-order chi connectivity index (χ0) is 8.85. The minimum absolute atomic E-state index is 0.266. The summed E-state index contributed by atoms with van der Waals surface area (Å²) < 4.78 is 4.34. The predicted molar refractivity (Wildman–Crippen MR) is 34.7 cm³/mol. The van der Waals surface area contributed by atoms with Gasteiger partial charge in [-0.25, -0.2) is 0 Å². The van der Waals surface area contributed by atoms with Crippen LogP contribution in [0, 0.1) is 0 Å². The number of carbonyl (C=O) groups is 2. The molecule has 0 radical (unpaired) electrons. The van der Waals surface area contributed by atoms with E-state index in [1.165, 1.54) is 0 Å². The molecule has 0 aromatic rings. The number of carbonyl (C=O) groups excluding carboxylic acids is 2. The molecule has 0 heterocycles. The molecule has 0 rings (SSSR count). The highest BCUT2D eigenvalue weighted by molar-refractivity contribution is 5.70. The molecule has 5 nitrogen and oxygen atoms in total. The molecular formula is C6H10O5. The van der Waals surface area contributed by atoms with E-state index in [0.29, 0.717) is 0 Å². The molecule has 0 aromatic heterocycles. The van der Waals surface area contributed by atoms with Gasteiger partial charge in [0.2, 0.25) is 0 Å². The maximum absolute atomic E-state index is 10.3. The molecule has 0 amide bonds. The van der Waals surface area contributed by atoms with Gasteiger partial charge in [0.05, 0.1) is 6.61 Å². The van der Waals surface area contributed by atoms with E-state index < -0.39 is 24.8 Å². The van der Waals surface area contributed by atoms with E-state index in [2.05, 4.69) is 4.74 Å². The van der Waals surface area contributed by atoms with Gasteiger partial charge in [0.1, 0.15) is 6.10 Å². The summed E-state index contributed by atoms with van der Waals surface area (Å²) in [4.78, 5) is 20.4. The first-order chi connectivity index (χ1) is 5.11. The summed E-state index contributed by atoms with van der Waals surface area (Å²) in [5.74, 6) is -0.672. The third-order valence-corrected chi connectivity index (χ3v) is 1.00. The second-order valence-corrected chi connectivity index (χ2v) is 1.96. The summed E-state index contributed by atoms with van der Waals surface area (Å²) in [7, 11) is 0. The van der Waals surface area contributed by atoms with Crippen molar-refractivity contribution in [2.75, 3.05) is 6.61 Å². The molecule has 0 bridgehead atoms. The number of hydrogen-bond acceptors (Lipinski definition) is 5. The average molecular weight is 162 g/mol. The molecule has 0 aliphatic heterocycles. The lowest BCUT2D eigenvalue weighted by molar-refractivity contribution is -0.156. The Bertz CT molecular complexity index is 144. The van der Waals surface area contributed by atoms with Gasteiger partial charge in [0, 0.05) is 6.92 Å². The summed E-state index contributed by atoms with van der Waals surface area (Å²) in [5, 5.41) is 17.2. The Labute approximate surface area is 63.6 Å². The number of esters is 1. The normalized spacial score (nSPS) is 15.2. The Balaban J connectivity index is 3.94. The summed E-state index contributed by atoms with van der Waals surface area (Å²) in [6.45, 7) is 0.497. The van der Waals surface area contributed by atoms with Gasteiger partial charge in [0.25, 0.3) is 0 Å². The second-order valence-electron chi connectivity index (χ2n) is 1.96. The highest BCUT2D eigenvalue weighted by Crippen LogP contribution is 1.95. The van der Waals surface area contributed by atoms with Crippen molar-refractivity contribution in [3.63, 3.8) is 0 Å². The van der Waals surface area contributed by atoms with Crippen LogP contribution in [-0.2, 0) is 14.3 Å². The fourth-order valence-corrected chi connectivity index (χ4v) is 0.493. The van der Waals surface area contributed by atoms with Gasteiger partial charge in [0.15, 0.2) is 12.4 Å². The quantitative estimate of drug-likeness (QED) is 0.387. The smallest absolute Gasteiger partial charge is 0.303 e. The van der Waals surface area contributed by atoms with Crippen molar-refractivity contribution in [1.29, 1.82) is 0 Å². The monoisotopic (exact) mass is 162 g/mol. The van der Waals surface area contributed by atoms with Gasteiger partial charge >= 0.3 is 5.97 Å². The highest BCUT2D eigenvalue weighted by Gasteiger charge is 2.19. The van der Waals surface area contributed by atoms with Crippen molar-refractivity contribution in [3.05, 3.63) is 0 Å². The first-order valence-electron chi connectivity index (χ1n) is 3.03. The van der Waals surface area contributed by atoms with Crippen LogP contribution in [0.15, 0.2) is 0 Å². The minimum Gasteiger partial charge on any atom is -0.452 e. The van der Waals surface area contributed by atoms with Crippen LogP contribution in [0.3, 0.4) is 0 Å². The Hall–Kier alpha value is -0.940. The van der Waals surface area contributed by atoms with Gasteiger partial charge in [-0.2, -0.15) is 0 Å². The standard InChI is InChI=1S/C6H10O5/c1-4(9)11-6(3-8)5(10)2-7/h3,5-7,10H,2H2,1H3. The number of aldehydes is 1. The molecular weight excluding hydrogens is 152 g/mol. The van der Waals surface area contributed by atoms with Crippen molar-refractivity contribution < 1.29 is 24.5 Å². The van der Waals surface area contributed by atoms with E-state index in [-0.39, 0.29) is 6.29 Å². The topological polar surface area (TPSA) is 83.8 Å². The fraction of sp³-hybridized carbons (Fsp3) is 0.667. The third-order valence-electron chi connectivity index (χ3n) is 1.00. The molecule has 0 spiro atoms. The van der Waals surface area contributed by atoms with Gasteiger partial charge in [-0.15, -0.1) is 0 Å². The molecule has 11 heavy (non-hydrogen) atoms. The molecule has 0 saturated carbocycles. The average Bonchev–Trinajstić information content (AvgIpc) is 1.98. The summed E-state index contributed by atoms with van der Waals surface area (Å²) in [5.41, 5.74) is 0. The molecule has 0 aromatic carbocycles. The van der Waals surface area contributed by atoms with E-state index in [0.717, 1.165) is 6.92 Å². The molecule has 2 atom stereocenters. The Morgan fingerprint density at radius 1 is 1.73 bits per heavy atom. The molecule has 5 heteroatoms. The molecule has 0 aliphatic rings. The van der Waals surface area contributed by atoms with E-state index in [9.17, 15) is 9.59 Å². The lowest BCUT2D eigenvalue weighted by Gasteiger charge is -2.14. The zero-order valence-corrected chi connectivity index (χ0v) is 6.06. The molecule has 0 aliphatic carbocycles. The van der Waals surface area contributed by atoms with Crippen molar-refractivity contribution in [3.8, 4) is 0 Å². The molecule has 0 saturated heterocycles. The van der Waals surface area contributed by atoms with Gasteiger partial charge in [-0.3, -0.25) is 9.59 Å². The Morgan fingerprint density at radius 2 is 2.27 bits per heavy atom. The number of aliphatic hydroxyl groups is 2. The van der Waals surface area contributed by atoms with Crippen molar-refractivity contribution in [2.45, 2.75) is 19.1 Å². The Morgan fingerprint density at radius 3 is 2.55 bits per heavy atom. The van der Waals surface area contributed by atoms with Crippen LogP contribution in [0.2, 0.25) is 0 Å². The van der Waals surface area contributed by atoms with E-state index >= 15 is 0 Å². The summed E-state index contributed by atoms with van der Waals surface area (Å²) in [6, 6.07) is 0. The SMILES string of the molecule is CC(=O)OC(C=O)C(O)CO. The maximum Gasteiger partial charge on any atom is 0.303 e. The third kappa shape index (κ3) is 3.69. The maximum atomic E-state index is 10.3. The van der Waals surface area contributed by atoms with Gasteiger partial charge < -0.3 is 14.9 Å². The molecule has 2 unspecified atom stereocenters. The van der Waals surface area contributed by atoms with Gasteiger partial charge in [-0.1, -0.05) is 0 Å². The van der Waals surface area contributed by atoms with Crippen LogP contribution in [0.4, 0.5) is 0 Å². The largest absolute Gasteiger partial charge is 0.452 e. The van der Waals surface area contributed by atoms with Crippen LogP contribution in [0.1, 0.15) is 6.92 Å². The van der Waals surface area contributed by atoms with Crippen LogP contribution in [0.5, 0.6) is 0 Å².